The molecule has 1 atom stereocenters. The van der Waals surface area contributed by atoms with Gasteiger partial charge in [-0.25, -0.2) is 9.78 Å². The van der Waals surface area contributed by atoms with Gasteiger partial charge in [0, 0.05) is 24.6 Å². The summed E-state index contributed by atoms with van der Waals surface area (Å²) < 4.78 is 12.9. The number of carbonyl (C=O) groups is 1. The first-order valence-electron chi connectivity index (χ1n) is 12.1. The van der Waals surface area contributed by atoms with Gasteiger partial charge in [0.1, 0.15) is 5.65 Å². The van der Waals surface area contributed by atoms with Crippen LogP contribution in [-0.2, 0) is 13.0 Å². The molecular formula is C28H25N3O5. The largest absolute Gasteiger partial charge is 0.490 e. The Labute approximate surface area is 206 Å². The Balaban J connectivity index is 1.45. The van der Waals surface area contributed by atoms with E-state index in [-0.39, 0.29) is 23.9 Å². The van der Waals surface area contributed by atoms with Gasteiger partial charge in [0.05, 0.1) is 25.1 Å². The fourth-order valence-corrected chi connectivity index (χ4v) is 5.12. The van der Waals surface area contributed by atoms with Gasteiger partial charge in [-0.3, -0.25) is 19.1 Å². The molecule has 1 unspecified atom stereocenters. The second kappa shape index (κ2) is 8.78. The van der Waals surface area contributed by atoms with Crippen LogP contribution >= 0.6 is 0 Å². The third kappa shape index (κ3) is 3.88. The van der Waals surface area contributed by atoms with E-state index in [1.54, 1.807) is 0 Å². The molecule has 1 N–H and O–H groups in total. The number of H-pyrrole nitrogens is 1. The van der Waals surface area contributed by atoms with Crippen molar-refractivity contribution in [2.75, 3.05) is 13.2 Å². The molecule has 0 bridgehead atoms. The number of hydrogen-bond donors (Lipinski definition) is 1. The molecule has 0 saturated heterocycles. The summed E-state index contributed by atoms with van der Waals surface area (Å²) >= 11 is 0. The maximum Gasteiger partial charge on any atom is 0.330 e. The van der Waals surface area contributed by atoms with Crippen LogP contribution in [0.1, 0.15) is 51.4 Å². The molecule has 0 saturated carbocycles. The zero-order valence-electron chi connectivity index (χ0n) is 19.9. The van der Waals surface area contributed by atoms with Gasteiger partial charge in [-0.2, -0.15) is 0 Å². The van der Waals surface area contributed by atoms with Crippen LogP contribution in [0.15, 0.2) is 58.3 Å². The van der Waals surface area contributed by atoms with Gasteiger partial charge in [0.25, 0.3) is 5.56 Å². The summed E-state index contributed by atoms with van der Waals surface area (Å²) in [6.45, 7) is 3.35. The minimum atomic E-state index is -0.552. The fourth-order valence-electron chi connectivity index (χ4n) is 5.12. The van der Waals surface area contributed by atoms with Crippen LogP contribution in [0.5, 0.6) is 11.5 Å². The summed E-state index contributed by atoms with van der Waals surface area (Å²) in [7, 11) is 0. The standard InChI is InChI=1S/C28H25N3O5/c1-16-3-6-18(7-4-16)19-12-20-21(22(32)13-19)14-29-26-25(20)27(33)30-28(34)31(26)15-17-5-8-23-24(11-17)36-10-2-9-35-23/h3-8,11,14,19H,2,9-10,12-13,15H2,1H3,(H,30,33,34). The molecular weight excluding hydrogens is 458 g/mol. The average molecular weight is 484 g/mol. The van der Waals surface area contributed by atoms with Gasteiger partial charge in [-0.05, 0) is 48.1 Å². The first-order chi connectivity index (χ1) is 17.5. The molecule has 2 aromatic heterocycles. The van der Waals surface area contributed by atoms with E-state index >= 15 is 0 Å². The molecule has 2 aromatic carbocycles. The Morgan fingerprint density at radius 3 is 2.58 bits per heavy atom. The van der Waals surface area contributed by atoms with Gasteiger partial charge >= 0.3 is 5.69 Å². The minimum absolute atomic E-state index is 0.0438. The molecule has 8 nitrogen and oxygen atoms in total. The molecule has 0 radical (unpaired) electrons. The summed E-state index contributed by atoms with van der Waals surface area (Å²) in [6.07, 6.45) is 3.19. The second-order valence-electron chi connectivity index (χ2n) is 9.47. The van der Waals surface area contributed by atoms with Crippen molar-refractivity contribution in [1.82, 2.24) is 14.5 Å². The quantitative estimate of drug-likeness (QED) is 0.478. The Kier molecular flexibility index (Phi) is 5.44. The van der Waals surface area contributed by atoms with E-state index in [1.807, 2.05) is 49.4 Å². The number of fused-ring (bicyclic) bond motifs is 4. The van der Waals surface area contributed by atoms with E-state index in [1.165, 1.54) is 10.8 Å². The lowest BCUT2D eigenvalue weighted by Gasteiger charge is -2.25. The lowest BCUT2D eigenvalue weighted by molar-refractivity contribution is 0.0964. The number of ether oxygens (including phenoxy) is 2. The molecule has 3 heterocycles. The molecule has 0 amide bonds. The number of Topliss-reactive ketones (excluding diaryl/α,β-unsaturated/α-hetero) is 1. The van der Waals surface area contributed by atoms with Gasteiger partial charge in [0.15, 0.2) is 17.3 Å². The SMILES string of the molecule is Cc1ccc(C2CC(=O)c3cnc4c(c3C2)c(=O)[nH]c(=O)n4Cc2ccc3c(c2)OCCCO3)cc1. The molecule has 2 aliphatic rings. The molecule has 8 heteroatoms. The Morgan fingerprint density at radius 1 is 1.00 bits per heavy atom. The number of aryl methyl sites for hydroxylation is 1. The number of nitrogens with zero attached hydrogens (tertiary/aromatic N) is 2. The average Bonchev–Trinajstić information content (AvgIpc) is 3.11. The Bertz CT molecular complexity index is 1620. The van der Waals surface area contributed by atoms with Crippen molar-refractivity contribution in [1.29, 1.82) is 0 Å². The molecule has 0 spiro atoms. The number of hydrogen-bond acceptors (Lipinski definition) is 6. The summed E-state index contributed by atoms with van der Waals surface area (Å²) in [5.41, 5.74) is 3.31. The normalized spacial score (nSPS) is 17.0. The van der Waals surface area contributed by atoms with Crippen LogP contribution in [0.2, 0.25) is 0 Å². The topological polar surface area (TPSA) is 103 Å². The van der Waals surface area contributed by atoms with Crippen LogP contribution in [0.4, 0.5) is 0 Å². The van der Waals surface area contributed by atoms with Crippen LogP contribution in [0.3, 0.4) is 0 Å². The number of aromatic amines is 1. The van der Waals surface area contributed by atoms with E-state index in [0.29, 0.717) is 54.1 Å². The molecule has 1 aliphatic carbocycles. The predicted octanol–water partition coefficient (Wildman–Crippen LogP) is 3.52. The number of benzene rings is 2. The monoisotopic (exact) mass is 483 g/mol. The van der Waals surface area contributed by atoms with Gasteiger partial charge < -0.3 is 9.47 Å². The third-order valence-electron chi connectivity index (χ3n) is 7.00. The predicted molar refractivity (Wildman–Crippen MR) is 134 cm³/mol. The second-order valence-corrected chi connectivity index (χ2v) is 9.47. The van der Waals surface area contributed by atoms with Crippen molar-refractivity contribution >= 4 is 16.8 Å². The summed E-state index contributed by atoms with van der Waals surface area (Å²) in [6, 6.07) is 13.7. The number of carbonyl (C=O) groups excluding carboxylic acids is 1. The molecule has 4 aromatic rings. The van der Waals surface area contributed by atoms with Crippen molar-refractivity contribution in [3.63, 3.8) is 0 Å². The van der Waals surface area contributed by atoms with Crippen molar-refractivity contribution in [2.45, 2.75) is 38.6 Å². The molecule has 0 fully saturated rings. The lowest BCUT2D eigenvalue weighted by atomic mass is 9.79. The van der Waals surface area contributed by atoms with Crippen LogP contribution in [-0.4, -0.2) is 33.5 Å². The number of aromatic nitrogens is 3. The number of ketones is 1. The smallest absolute Gasteiger partial charge is 0.330 e. The van der Waals surface area contributed by atoms with Crippen molar-refractivity contribution in [2.24, 2.45) is 0 Å². The Hall–Kier alpha value is -4.20. The lowest BCUT2D eigenvalue weighted by Crippen LogP contribution is -2.33. The molecule has 182 valence electrons. The maximum atomic E-state index is 13.1. The number of nitrogens with one attached hydrogen (secondary N) is 1. The number of rotatable bonds is 3. The molecule has 6 rings (SSSR count). The van der Waals surface area contributed by atoms with E-state index < -0.39 is 11.2 Å². The zero-order valence-corrected chi connectivity index (χ0v) is 19.9. The van der Waals surface area contributed by atoms with E-state index in [9.17, 15) is 14.4 Å². The minimum Gasteiger partial charge on any atom is -0.490 e. The highest BCUT2D eigenvalue weighted by Gasteiger charge is 2.30. The van der Waals surface area contributed by atoms with Crippen molar-refractivity contribution < 1.29 is 14.3 Å². The summed E-state index contributed by atoms with van der Waals surface area (Å²) in [5, 5.41) is 0.298. The first kappa shape index (κ1) is 22.3. The van der Waals surface area contributed by atoms with Gasteiger partial charge in [0.2, 0.25) is 0 Å². The van der Waals surface area contributed by atoms with Gasteiger partial charge in [-0.1, -0.05) is 35.9 Å². The van der Waals surface area contributed by atoms with E-state index in [4.69, 9.17) is 9.47 Å². The highest BCUT2D eigenvalue weighted by atomic mass is 16.5. The van der Waals surface area contributed by atoms with Crippen LogP contribution in [0.25, 0.3) is 11.0 Å². The van der Waals surface area contributed by atoms with Crippen molar-refractivity contribution in [3.05, 3.63) is 97.3 Å². The highest BCUT2D eigenvalue weighted by molar-refractivity contribution is 6.02. The fraction of sp³-hybridized carbons (Fsp3) is 0.286. The van der Waals surface area contributed by atoms with Crippen molar-refractivity contribution in [3.8, 4) is 11.5 Å². The number of pyridine rings is 1. The third-order valence-corrected chi connectivity index (χ3v) is 7.00. The highest BCUT2D eigenvalue weighted by Crippen LogP contribution is 2.35. The summed E-state index contributed by atoms with van der Waals surface area (Å²) in [4.78, 5) is 45.9. The first-order valence-corrected chi connectivity index (χ1v) is 12.1. The van der Waals surface area contributed by atoms with Crippen LogP contribution < -0.4 is 20.7 Å². The Morgan fingerprint density at radius 2 is 1.78 bits per heavy atom. The van der Waals surface area contributed by atoms with Crippen LogP contribution in [0, 0.1) is 6.92 Å². The molecule has 1 aliphatic heterocycles. The zero-order chi connectivity index (χ0) is 24.8. The maximum absolute atomic E-state index is 13.1. The van der Waals surface area contributed by atoms with E-state index in [0.717, 1.165) is 23.1 Å². The van der Waals surface area contributed by atoms with E-state index in [2.05, 4.69) is 9.97 Å². The van der Waals surface area contributed by atoms with Gasteiger partial charge in [-0.15, -0.1) is 0 Å². The molecule has 36 heavy (non-hydrogen) atoms. The summed E-state index contributed by atoms with van der Waals surface area (Å²) in [5.74, 6) is 1.21.